The monoisotopic (exact) mass is 415 g/mol. The van der Waals surface area contributed by atoms with Gasteiger partial charge in [-0.2, -0.15) is 0 Å². The van der Waals surface area contributed by atoms with Crippen molar-refractivity contribution in [2.24, 2.45) is 11.8 Å². The SMILES string of the molecule is CC=Cc1cnc2c(c1)C(=O)N([C@@H](C)CO)C[C@H](C)[C@@H](CN(C)CC1CCCC1)O2. The van der Waals surface area contributed by atoms with E-state index < -0.39 is 0 Å². The number of ether oxygens (including phenoxy) is 1. The van der Waals surface area contributed by atoms with E-state index in [0.29, 0.717) is 18.0 Å². The van der Waals surface area contributed by atoms with Crippen LogP contribution in [0.1, 0.15) is 62.4 Å². The van der Waals surface area contributed by atoms with Crippen LogP contribution in [0.5, 0.6) is 5.88 Å². The molecular formula is C24H37N3O3. The molecule has 6 nitrogen and oxygen atoms in total. The maximum Gasteiger partial charge on any atom is 0.259 e. The van der Waals surface area contributed by atoms with Crippen LogP contribution in [0, 0.1) is 11.8 Å². The third-order valence-electron chi connectivity index (χ3n) is 6.44. The summed E-state index contributed by atoms with van der Waals surface area (Å²) in [5, 5.41) is 9.75. The van der Waals surface area contributed by atoms with Gasteiger partial charge in [0, 0.05) is 31.7 Å². The second-order valence-corrected chi connectivity index (χ2v) is 9.12. The zero-order chi connectivity index (χ0) is 21.7. The third-order valence-corrected chi connectivity index (χ3v) is 6.44. The lowest BCUT2D eigenvalue weighted by Crippen LogP contribution is -2.50. The number of carbonyl (C=O) groups excluding carboxylic acids is 1. The molecule has 0 bridgehead atoms. The second-order valence-electron chi connectivity index (χ2n) is 9.12. The summed E-state index contributed by atoms with van der Waals surface area (Å²) in [5.41, 5.74) is 1.34. The summed E-state index contributed by atoms with van der Waals surface area (Å²) in [6.45, 7) is 8.31. The van der Waals surface area contributed by atoms with Crippen LogP contribution in [0.2, 0.25) is 0 Å². The molecule has 1 fully saturated rings. The summed E-state index contributed by atoms with van der Waals surface area (Å²) in [5.74, 6) is 1.17. The van der Waals surface area contributed by atoms with E-state index >= 15 is 0 Å². The van der Waals surface area contributed by atoms with E-state index in [4.69, 9.17) is 4.74 Å². The first-order valence-electron chi connectivity index (χ1n) is 11.3. The Kier molecular flexibility index (Phi) is 7.89. The molecule has 1 aromatic rings. The van der Waals surface area contributed by atoms with Crippen molar-refractivity contribution < 1.29 is 14.6 Å². The molecule has 1 N–H and O–H groups in total. The van der Waals surface area contributed by atoms with Crippen LogP contribution in [-0.4, -0.2) is 71.2 Å². The topological polar surface area (TPSA) is 65.9 Å². The maximum absolute atomic E-state index is 13.3. The van der Waals surface area contributed by atoms with Crippen LogP contribution >= 0.6 is 0 Å². The van der Waals surface area contributed by atoms with Gasteiger partial charge in [0.25, 0.3) is 5.91 Å². The van der Waals surface area contributed by atoms with Gasteiger partial charge in [-0.15, -0.1) is 0 Å². The molecule has 166 valence electrons. The van der Waals surface area contributed by atoms with Crippen molar-refractivity contribution in [1.29, 1.82) is 0 Å². The minimum absolute atomic E-state index is 0.0666. The zero-order valence-electron chi connectivity index (χ0n) is 18.9. The Balaban J connectivity index is 1.86. The van der Waals surface area contributed by atoms with Gasteiger partial charge >= 0.3 is 0 Å². The van der Waals surface area contributed by atoms with E-state index in [9.17, 15) is 9.90 Å². The summed E-state index contributed by atoms with van der Waals surface area (Å²) in [6.07, 6.45) is 10.9. The summed E-state index contributed by atoms with van der Waals surface area (Å²) in [7, 11) is 2.16. The van der Waals surface area contributed by atoms with E-state index in [1.165, 1.54) is 25.7 Å². The number of aliphatic hydroxyl groups is 1. The van der Waals surface area contributed by atoms with Gasteiger partial charge in [-0.25, -0.2) is 4.98 Å². The number of pyridine rings is 1. The number of hydrogen-bond donors (Lipinski definition) is 1. The number of hydrogen-bond acceptors (Lipinski definition) is 5. The van der Waals surface area contributed by atoms with Gasteiger partial charge in [0.2, 0.25) is 5.88 Å². The van der Waals surface area contributed by atoms with Crippen molar-refractivity contribution in [3.63, 3.8) is 0 Å². The quantitative estimate of drug-likeness (QED) is 0.739. The number of aromatic nitrogens is 1. The van der Waals surface area contributed by atoms with Crippen molar-refractivity contribution in [3.8, 4) is 5.88 Å². The average molecular weight is 416 g/mol. The van der Waals surface area contributed by atoms with Gasteiger partial charge in [-0.05, 0) is 51.3 Å². The molecule has 2 heterocycles. The summed E-state index contributed by atoms with van der Waals surface area (Å²) < 4.78 is 6.36. The highest BCUT2D eigenvalue weighted by atomic mass is 16.5. The van der Waals surface area contributed by atoms with E-state index in [1.54, 1.807) is 11.1 Å². The second kappa shape index (κ2) is 10.4. The Hall–Kier alpha value is -1.92. The Morgan fingerprint density at radius 2 is 2.10 bits per heavy atom. The fourth-order valence-corrected chi connectivity index (χ4v) is 4.64. The number of nitrogens with zero attached hydrogens (tertiary/aromatic N) is 3. The highest BCUT2D eigenvalue weighted by Crippen LogP contribution is 2.29. The molecule has 2 aliphatic rings. The molecule has 0 spiro atoms. The van der Waals surface area contributed by atoms with Gasteiger partial charge in [-0.1, -0.05) is 31.9 Å². The number of rotatable bonds is 7. The standard InChI is InChI=1S/C24H37N3O3/c1-5-8-20-11-21-23(25-12-20)30-22(15-26(4)14-19-9-6-7-10-19)17(2)13-27(24(21)29)18(3)16-28/h5,8,11-12,17-19,22,28H,6-7,9-10,13-16H2,1-4H3/t17-,18-,22+/m0/s1. The van der Waals surface area contributed by atoms with E-state index in [0.717, 1.165) is 24.6 Å². The van der Waals surface area contributed by atoms with Crippen LogP contribution in [0.15, 0.2) is 18.3 Å². The third kappa shape index (κ3) is 5.41. The number of allylic oxidation sites excluding steroid dienone is 1. The Morgan fingerprint density at radius 1 is 1.37 bits per heavy atom. The normalized spacial score (nSPS) is 24.1. The molecule has 3 rings (SSSR count). The minimum atomic E-state index is -0.256. The van der Waals surface area contributed by atoms with Crippen LogP contribution in [-0.2, 0) is 0 Å². The fourth-order valence-electron chi connectivity index (χ4n) is 4.64. The number of likely N-dealkylation sites (N-methyl/N-ethyl adjacent to an activating group) is 1. The lowest BCUT2D eigenvalue weighted by Gasteiger charge is -2.38. The minimum Gasteiger partial charge on any atom is -0.472 e. The number of fused-ring (bicyclic) bond motifs is 1. The van der Waals surface area contributed by atoms with Gasteiger partial charge in [0.05, 0.1) is 12.6 Å². The lowest BCUT2D eigenvalue weighted by atomic mass is 9.99. The zero-order valence-corrected chi connectivity index (χ0v) is 18.9. The first-order valence-corrected chi connectivity index (χ1v) is 11.3. The molecule has 0 unspecified atom stereocenters. The fraction of sp³-hybridized carbons (Fsp3) is 0.667. The summed E-state index contributed by atoms with van der Waals surface area (Å²) in [4.78, 5) is 22.0. The lowest BCUT2D eigenvalue weighted by molar-refractivity contribution is 0.0320. The molecular weight excluding hydrogens is 378 g/mol. The smallest absolute Gasteiger partial charge is 0.259 e. The van der Waals surface area contributed by atoms with Crippen molar-refractivity contribution in [2.75, 3.05) is 33.3 Å². The summed E-state index contributed by atoms with van der Waals surface area (Å²) in [6, 6.07) is 1.59. The van der Waals surface area contributed by atoms with Crippen LogP contribution in [0.4, 0.5) is 0 Å². The highest BCUT2D eigenvalue weighted by molar-refractivity contribution is 5.97. The molecule has 1 aliphatic carbocycles. The number of amides is 1. The number of aliphatic hydroxyl groups excluding tert-OH is 1. The van der Waals surface area contributed by atoms with Gasteiger partial charge < -0.3 is 19.6 Å². The van der Waals surface area contributed by atoms with Gasteiger partial charge in [0.15, 0.2) is 0 Å². The molecule has 1 saturated carbocycles. The van der Waals surface area contributed by atoms with Crippen LogP contribution in [0.3, 0.4) is 0 Å². The number of carbonyl (C=O) groups is 1. The van der Waals surface area contributed by atoms with Gasteiger partial charge in [-0.3, -0.25) is 4.79 Å². The molecule has 0 saturated heterocycles. The first-order chi connectivity index (χ1) is 14.4. The van der Waals surface area contributed by atoms with Crippen LogP contribution in [0.25, 0.3) is 6.08 Å². The predicted octanol–water partition coefficient (Wildman–Crippen LogP) is 3.46. The van der Waals surface area contributed by atoms with Crippen molar-refractivity contribution in [1.82, 2.24) is 14.8 Å². The predicted molar refractivity (Wildman–Crippen MR) is 120 cm³/mol. The van der Waals surface area contributed by atoms with Crippen LogP contribution < -0.4 is 4.74 Å². The van der Waals surface area contributed by atoms with E-state index in [1.807, 2.05) is 32.1 Å². The van der Waals surface area contributed by atoms with E-state index in [2.05, 4.69) is 23.9 Å². The molecule has 6 heteroatoms. The van der Waals surface area contributed by atoms with Crippen molar-refractivity contribution in [3.05, 3.63) is 29.5 Å². The average Bonchev–Trinajstić information content (AvgIpc) is 3.23. The molecule has 1 aromatic heterocycles. The Labute approximate surface area is 180 Å². The first kappa shape index (κ1) is 22.8. The summed E-state index contributed by atoms with van der Waals surface area (Å²) >= 11 is 0. The molecule has 3 atom stereocenters. The largest absolute Gasteiger partial charge is 0.472 e. The van der Waals surface area contributed by atoms with E-state index in [-0.39, 0.29) is 30.6 Å². The molecule has 0 radical (unpaired) electrons. The van der Waals surface area contributed by atoms with Crippen molar-refractivity contribution >= 4 is 12.0 Å². The van der Waals surface area contributed by atoms with Gasteiger partial charge in [0.1, 0.15) is 11.7 Å². The molecule has 0 aromatic carbocycles. The maximum atomic E-state index is 13.3. The molecule has 1 amide bonds. The molecule has 30 heavy (non-hydrogen) atoms. The van der Waals surface area contributed by atoms with Crippen molar-refractivity contribution in [2.45, 2.75) is 58.6 Å². The highest BCUT2D eigenvalue weighted by Gasteiger charge is 2.34. The Morgan fingerprint density at radius 3 is 2.77 bits per heavy atom. The molecule has 1 aliphatic heterocycles. The Bertz CT molecular complexity index is 745.